The maximum Gasteiger partial charge on any atom is 0.336 e. The highest BCUT2D eigenvalue weighted by Crippen LogP contribution is 2.28. The van der Waals surface area contributed by atoms with Crippen LogP contribution >= 0.6 is 0 Å². The zero-order chi connectivity index (χ0) is 22.1. The van der Waals surface area contributed by atoms with Crippen LogP contribution in [0.4, 0.5) is 5.69 Å². The van der Waals surface area contributed by atoms with Gasteiger partial charge < -0.3 is 14.6 Å². The number of carbonyl (C=O) groups excluding carboxylic acids is 1. The largest absolute Gasteiger partial charge is 0.423 e. The summed E-state index contributed by atoms with van der Waals surface area (Å²) in [6, 6.07) is 11.5. The van der Waals surface area contributed by atoms with Crippen molar-refractivity contribution < 1.29 is 9.21 Å². The number of hydrogen-bond donors (Lipinski definition) is 1. The van der Waals surface area contributed by atoms with E-state index in [0.717, 1.165) is 59.3 Å². The molecule has 1 saturated heterocycles. The molecule has 1 aliphatic rings. The first-order valence-corrected chi connectivity index (χ1v) is 11.0. The highest BCUT2D eigenvalue weighted by atomic mass is 16.4. The lowest BCUT2D eigenvalue weighted by molar-refractivity contribution is 0.0793. The van der Waals surface area contributed by atoms with E-state index in [2.05, 4.69) is 25.2 Å². The van der Waals surface area contributed by atoms with E-state index in [0.29, 0.717) is 18.0 Å². The highest BCUT2D eigenvalue weighted by molar-refractivity contribution is 6.01. The van der Waals surface area contributed by atoms with E-state index in [-0.39, 0.29) is 11.5 Å². The Morgan fingerprint density at radius 3 is 2.55 bits per heavy atom. The number of benzene rings is 2. The number of likely N-dealkylation sites (tertiary alicyclic amines) is 1. The summed E-state index contributed by atoms with van der Waals surface area (Å²) in [5.74, 6) is 0.451. The monoisotopic (exact) mass is 418 g/mol. The lowest BCUT2D eigenvalue weighted by Crippen LogP contribution is -2.29. The van der Waals surface area contributed by atoms with Crippen LogP contribution in [-0.2, 0) is 6.54 Å². The Morgan fingerprint density at radius 2 is 1.84 bits per heavy atom. The van der Waals surface area contributed by atoms with E-state index in [1.165, 1.54) is 5.56 Å². The van der Waals surface area contributed by atoms with Gasteiger partial charge in [-0.1, -0.05) is 26.0 Å². The molecule has 5 nitrogen and oxygen atoms in total. The fraction of sp³-hybridized carbons (Fsp3) is 0.385. The number of fused-ring (bicyclic) bond motifs is 1. The molecule has 0 spiro atoms. The molecule has 0 aliphatic carbocycles. The summed E-state index contributed by atoms with van der Waals surface area (Å²) in [5, 5.41) is 4.36. The van der Waals surface area contributed by atoms with Crippen molar-refractivity contribution in [3.63, 3.8) is 0 Å². The van der Waals surface area contributed by atoms with Crippen molar-refractivity contribution >= 4 is 22.6 Å². The summed E-state index contributed by atoms with van der Waals surface area (Å²) in [5.41, 5.74) is 5.94. The molecule has 1 aliphatic heterocycles. The van der Waals surface area contributed by atoms with Crippen molar-refractivity contribution in [2.24, 2.45) is 0 Å². The second-order valence-electron chi connectivity index (χ2n) is 8.80. The molecule has 0 saturated carbocycles. The molecule has 2 aromatic carbocycles. The maximum absolute atomic E-state index is 13.1. The Labute approximate surface area is 183 Å². The van der Waals surface area contributed by atoms with Gasteiger partial charge in [-0.15, -0.1) is 0 Å². The van der Waals surface area contributed by atoms with Gasteiger partial charge >= 0.3 is 5.63 Å². The number of anilines is 1. The van der Waals surface area contributed by atoms with Crippen LogP contribution < -0.4 is 10.9 Å². The Kier molecular flexibility index (Phi) is 5.86. The average Bonchev–Trinajstić information content (AvgIpc) is 3.25. The summed E-state index contributed by atoms with van der Waals surface area (Å²) in [4.78, 5) is 27.3. The third-order valence-corrected chi connectivity index (χ3v) is 6.19. The van der Waals surface area contributed by atoms with Gasteiger partial charge in [0.1, 0.15) is 5.58 Å². The van der Waals surface area contributed by atoms with Crippen LogP contribution in [0, 0.1) is 13.8 Å². The van der Waals surface area contributed by atoms with E-state index in [1.54, 1.807) is 6.07 Å². The minimum absolute atomic E-state index is 0.0771. The minimum Gasteiger partial charge on any atom is -0.423 e. The van der Waals surface area contributed by atoms with Crippen molar-refractivity contribution in [1.29, 1.82) is 0 Å². The molecule has 2 heterocycles. The maximum atomic E-state index is 13.1. The highest BCUT2D eigenvalue weighted by Gasteiger charge is 2.23. The molecule has 3 aromatic rings. The molecule has 1 N–H and O–H groups in total. The van der Waals surface area contributed by atoms with Crippen LogP contribution in [0.25, 0.3) is 11.0 Å². The lowest BCUT2D eigenvalue weighted by atomic mass is 9.95. The summed E-state index contributed by atoms with van der Waals surface area (Å²) in [7, 11) is 0. The topological polar surface area (TPSA) is 62.6 Å². The van der Waals surface area contributed by atoms with Crippen molar-refractivity contribution in [2.45, 2.75) is 53.0 Å². The van der Waals surface area contributed by atoms with Crippen LogP contribution in [0.1, 0.15) is 65.2 Å². The standard InChI is InChI=1S/C26H30N2O3/c1-16(2)20-14-21-19(13-24(29)31-23(21)12-18(20)4)15-27-22-9-7-8-17(3)25(22)26(30)28-10-5-6-11-28/h7-9,12-14,16,27H,5-6,10-11,15H2,1-4H3. The second-order valence-corrected chi connectivity index (χ2v) is 8.80. The Morgan fingerprint density at radius 1 is 1.10 bits per heavy atom. The fourth-order valence-corrected chi connectivity index (χ4v) is 4.53. The summed E-state index contributed by atoms with van der Waals surface area (Å²) < 4.78 is 5.47. The van der Waals surface area contributed by atoms with Crippen LogP contribution in [-0.4, -0.2) is 23.9 Å². The molecule has 0 radical (unpaired) electrons. The third-order valence-electron chi connectivity index (χ3n) is 6.19. The molecule has 1 fully saturated rings. The zero-order valence-corrected chi connectivity index (χ0v) is 18.7. The Bertz CT molecular complexity index is 1190. The molecule has 0 bridgehead atoms. The number of carbonyl (C=O) groups is 1. The van der Waals surface area contributed by atoms with E-state index in [9.17, 15) is 9.59 Å². The fourth-order valence-electron chi connectivity index (χ4n) is 4.53. The molecule has 1 aromatic heterocycles. The molecule has 0 atom stereocenters. The predicted octanol–water partition coefficient (Wildman–Crippen LogP) is 5.38. The van der Waals surface area contributed by atoms with Gasteiger partial charge in [-0.2, -0.15) is 0 Å². The van der Waals surface area contributed by atoms with Crippen molar-refractivity contribution in [1.82, 2.24) is 4.90 Å². The summed E-state index contributed by atoms with van der Waals surface area (Å²) >= 11 is 0. The van der Waals surface area contributed by atoms with Crippen LogP contribution in [0.2, 0.25) is 0 Å². The number of aryl methyl sites for hydroxylation is 2. The van der Waals surface area contributed by atoms with Gasteiger partial charge in [0, 0.05) is 36.8 Å². The lowest BCUT2D eigenvalue weighted by Gasteiger charge is -2.20. The number of hydrogen-bond acceptors (Lipinski definition) is 4. The van der Waals surface area contributed by atoms with Crippen LogP contribution in [0.3, 0.4) is 0 Å². The number of nitrogens with one attached hydrogen (secondary N) is 1. The zero-order valence-electron chi connectivity index (χ0n) is 18.7. The van der Waals surface area contributed by atoms with Gasteiger partial charge in [0.2, 0.25) is 0 Å². The van der Waals surface area contributed by atoms with E-state index >= 15 is 0 Å². The van der Waals surface area contributed by atoms with Gasteiger partial charge in [0.25, 0.3) is 5.91 Å². The SMILES string of the molecule is Cc1cc2oc(=O)cc(CNc3cccc(C)c3C(=O)N3CCCC3)c2cc1C(C)C. The molecule has 0 unspecified atom stereocenters. The average molecular weight is 419 g/mol. The molecular formula is C26H30N2O3. The summed E-state index contributed by atoms with van der Waals surface area (Å²) in [6.45, 7) is 10.4. The number of amides is 1. The predicted molar refractivity (Wildman–Crippen MR) is 125 cm³/mol. The van der Waals surface area contributed by atoms with E-state index < -0.39 is 0 Å². The van der Waals surface area contributed by atoms with E-state index in [1.807, 2.05) is 43.0 Å². The van der Waals surface area contributed by atoms with Gasteiger partial charge in [-0.25, -0.2) is 4.79 Å². The van der Waals surface area contributed by atoms with Crippen LogP contribution in [0.5, 0.6) is 0 Å². The van der Waals surface area contributed by atoms with Gasteiger partial charge in [0.05, 0.1) is 5.56 Å². The molecule has 1 amide bonds. The van der Waals surface area contributed by atoms with Crippen molar-refractivity contribution in [3.05, 3.63) is 74.6 Å². The Hall–Kier alpha value is -3.08. The molecule has 4 rings (SSSR count). The molecule has 5 heteroatoms. The van der Waals surface area contributed by atoms with Crippen LogP contribution in [0.15, 0.2) is 45.6 Å². The molecular weight excluding hydrogens is 388 g/mol. The first-order chi connectivity index (χ1) is 14.8. The first kappa shape index (κ1) is 21.2. The molecule has 31 heavy (non-hydrogen) atoms. The van der Waals surface area contributed by atoms with Gasteiger partial charge in [-0.05, 0) is 73.1 Å². The normalized spacial score (nSPS) is 13.9. The first-order valence-electron chi connectivity index (χ1n) is 11.0. The van der Waals surface area contributed by atoms with E-state index in [4.69, 9.17) is 4.42 Å². The number of nitrogens with zero attached hydrogens (tertiary/aromatic N) is 1. The van der Waals surface area contributed by atoms with Gasteiger partial charge in [-0.3, -0.25) is 4.79 Å². The smallest absolute Gasteiger partial charge is 0.336 e. The van der Waals surface area contributed by atoms with Crippen molar-refractivity contribution in [3.8, 4) is 0 Å². The summed E-state index contributed by atoms with van der Waals surface area (Å²) in [6.07, 6.45) is 2.12. The Balaban J connectivity index is 1.70. The number of rotatable bonds is 5. The third kappa shape index (κ3) is 4.22. The minimum atomic E-state index is -0.362. The second kappa shape index (κ2) is 8.58. The van der Waals surface area contributed by atoms with Crippen molar-refractivity contribution in [2.75, 3.05) is 18.4 Å². The van der Waals surface area contributed by atoms with Gasteiger partial charge in [0.15, 0.2) is 0 Å². The quantitative estimate of drug-likeness (QED) is 0.565. The molecule has 162 valence electrons.